The number of hydrogen-bond donors (Lipinski definition) is 1. The van der Waals surface area contributed by atoms with E-state index in [1.165, 1.54) is 0 Å². The van der Waals surface area contributed by atoms with Gasteiger partial charge in [-0.2, -0.15) is 0 Å². The van der Waals surface area contributed by atoms with Crippen LogP contribution in [0, 0.1) is 0 Å². The summed E-state index contributed by atoms with van der Waals surface area (Å²) in [5.74, 6) is 0.0922. The normalized spacial score (nSPS) is 9.00. The Hall–Kier alpha value is -0.790. The molecule has 1 amide bonds. The molecule has 0 atom stereocenters. The standard InChI is InChI=1S/C8H15NO/c1-4-7(2)5-6-8(10)9-3/h2,4-6H2,1,3H3,(H,9,10). The summed E-state index contributed by atoms with van der Waals surface area (Å²) in [4.78, 5) is 10.7. The molecule has 0 unspecified atom stereocenters. The van der Waals surface area contributed by atoms with Crippen molar-refractivity contribution in [3.63, 3.8) is 0 Å². The maximum Gasteiger partial charge on any atom is 0.220 e. The molecule has 0 aliphatic rings. The Labute approximate surface area is 62.3 Å². The lowest BCUT2D eigenvalue weighted by molar-refractivity contribution is -0.120. The number of rotatable bonds is 4. The van der Waals surface area contributed by atoms with Gasteiger partial charge in [0.15, 0.2) is 0 Å². The molecular formula is C8H15NO. The predicted molar refractivity (Wildman–Crippen MR) is 42.7 cm³/mol. The molecule has 0 fully saturated rings. The number of amides is 1. The van der Waals surface area contributed by atoms with E-state index in [1.54, 1.807) is 7.05 Å². The quantitative estimate of drug-likeness (QED) is 0.590. The maximum atomic E-state index is 10.7. The molecule has 0 bridgehead atoms. The number of hydrogen-bond acceptors (Lipinski definition) is 1. The lowest BCUT2D eigenvalue weighted by atomic mass is 10.1. The van der Waals surface area contributed by atoms with Crippen LogP contribution in [0.5, 0.6) is 0 Å². The second-order valence-electron chi connectivity index (χ2n) is 2.28. The van der Waals surface area contributed by atoms with Crippen molar-refractivity contribution in [3.8, 4) is 0 Å². The van der Waals surface area contributed by atoms with E-state index in [0.717, 1.165) is 18.4 Å². The molecule has 0 aliphatic carbocycles. The van der Waals surface area contributed by atoms with Crippen LogP contribution in [0.25, 0.3) is 0 Å². The minimum atomic E-state index is 0.0922. The first kappa shape index (κ1) is 9.21. The summed E-state index contributed by atoms with van der Waals surface area (Å²) in [6.07, 6.45) is 2.36. The highest BCUT2D eigenvalue weighted by Crippen LogP contribution is 2.04. The lowest BCUT2D eigenvalue weighted by Crippen LogP contribution is -2.17. The Balaban J connectivity index is 3.35. The van der Waals surface area contributed by atoms with Crippen LogP contribution in [0.1, 0.15) is 26.2 Å². The molecular weight excluding hydrogens is 126 g/mol. The van der Waals surface area contributed by atoms with E-state index in [0.29, 0.717) is 6.42 Å². The molecule has 2 heteroatoms. The molecule has 0 aromatic heterocycles. The molecule has 0 aromatic carbocycles. The van der Waals surface area contributed by atoms with Crippen LogP contribution in [0.3, 0.4) is 0 Å². The van der Waals surface area contributed by atoms with Crippen molar-refractivity contribution in [3.05, 3.63) is 12.2 Å². The van der Waals surface area contributed by atoms with Gasteiger partial charge in [-0.05, 0) is 12.8 Å². The molecule has 0 aromatic rings. The van der Waals surface area contributed by atoms with Crippen LogP contribution in [0.15, 0.2) is 12.2 Å². The van der Waals surface area contributed by atoms with Crippen LogP contribution in [-0.2, 0) is 4.79 Å². The second-order valence-corrected chi connectivity index (χ2v) is 2.28. The summed E-state index contributed by atoms with van der Waals surface area (Å²) in [5, 5.41) is 2.56. The third kappa shape index (κ3) is 4.13. The van der Waals surface area contributed by atoms with Gasteiger partial charge in [-0.25, -0.2) is 0 Å². The van der Waals surface area contributed by atoms with Crippen molar-refractivity contribution < 1.29 is 4.79 Å². The van der Waals surface area contributed by atoms with Gasteiger partial charge in [-0.15, -0.1) is 0 Å². The third-order valence-corrected chi connectivity index (χ3v) is 1.48. The lowest BCUT2D eigenvalue weighted by Gasteiger charge is -2.00. The van der Waals surface area contributed by atoms with E-state index in [2.05, 4.69) is 11.9 Å². The molecule has 0 saturated carbocycles. The molecule has 0 saturated heterocycles. The van der Waals surface area contributed by atoms with Crippen molar-refractivity contribution in [1.29, 1.82) is 0 Å². The van der Waals surface area contributed by atoms with E-state index in [1.807, 2.05) is 6.92 Å². The smallest absolute Gasteiger partial charge is 0.220 e. The SMILES string of the molecule is C=C(CC)CCC(=O)NC. The average Bonchev–Trinajstić information content (AvgIpc) is 1.99. The zero-order valence-corrected chi connectivity index (χ0v) is 6.74. The van der Waals surface area contributed by atoms with Crippen molar-refractivity contribution in [2.24, 2.45) is 0 Å². The summed E-state index contributed by atoms with van der Waals surface area (Å²) in [6, 6.07) is 0. The Kier molecular flexibility index (Phi) is 4.63. The fourth-order valence-electron chi connectivity index (χ4n) is 0.592. The first-order chi connectivity index (χ1) is 4.70. The van der Waals surface area contributed by atoms with Crippen LogP contribution in [0.2, 0.25) is 0 Å². The van der Waals surface area contributed by atoms with Crippen LogP contribution >= 0.6 is 0 Å². The fraction of sp³-hybridized carbons (Fsp3) is 0.625. The highest BCUT2D eigenvalue weighted by atomic mass is 16.1. The maximum absolute atomic E-state index is 10.7. The van der Waals surface area contributed by atoms with Crippen LogP contribution in [-0.4, -0.2) is 13.0 Å². The van der Waals surface area contributed by atoms with Gasteiger partial charge in [-0.1, -0.05) is 19.1 Å². The number of carbonyl (C=O) groups excluding carboxylic acids is 1. The summed E-state index contributed by atoms with van der Waals surface area (Å²) >= 11 is 0. The number of nitrogens with one attached hydrogen (secondary N) is 1. The monoisotopic (exact) mass is 141 g/mol. The fourth-order valence-corrected chi connectivity index (χ4v) is 0.592. The Morgan fingerprint density at radius 1 is 1.50 bits per heavy atom. The first-order valence-corrected chi connectivity index (χ1v) is 3.58. The first-order valence-electron chi connectivity index (χ1n) is 3.58. The van der Waals surface area contributed by atoms with Crippen LogP contribution in [0.4, 0.5) is 0 Å². The Morgan fingerprint density at radius 2 is 2.10 bits per heavy atom. The van der Waals surface area contributed by atoms with Gasteiger partial charge in [0.05, 0.1) is 0 Å². The Bertz CT molecular complexity index is 113. The third-order valence-electron chi connectivity index (χ3n) is 1.48. The van der Waals surface area contributed by atoms with Crippen LogP contribution < -0.4 is 5.32 Å². The molecule has 0 spiro atoms. The minimum absolute atomic E-state index is 0.0922. The van der Waals surface area contributed by atoms with Gasteiger partial charge in [0.25, 0.3) is 0 Å². The van der Waals surface area contributed by atoms with Gasteiger partial charge < -0.3 is 5.32 Å². The van der Waals surface area contributed by atoms with Gasteiger partial charge in [0, 0.05) is 13.5 Å². The summed E-state index contributed by atoms with van der Waals surface area (Å²) in [6.45, 7) is 5.85. The van der Waals surface area contributed by atoms with Crippen molar-refractivity contribution in [2.75, 3.05) is 7.05 Å². The minimum Gasteiger partial charge on any atom is -0.359 e. The van der Waals surface area contributed by atoms with E-state index in [9.17, 15) is 4.79 Å². The number of carbonyl (C=O) groups is 1. The number of allylic oxidation sites excluding steroid dienone is 1. The molecule has 0 heterocycles. The van der Waals surface area contributed by atoms with Crippen molar-refractivity contribution in [1.82, 2.24) is 5.32 Å². The zero-order valence-electron chi connectivity index (χ0n) is 6.74. The van der Waals surface area contributed by atoms with Gasteiger partial charge in [0.1, 0.15) is 0 Å². The highest BCUT2D eigenvalue weighted by Gasteiger charge is 1.97. The van der Waals surface area contributed by atoms with Gasteiger partial charge >= 0.3 is 0 Å². The molecule has 58 valence electrons. The molecule has 0 rings (SSSR count). The van der Waals surface area contributed by atoms with E-state index in [-0.39, 0.29) is 5.91 Å². The van der Waals surface area contributed by atoms with E-state index >= 15 is 0 Å². The summed E-state index contributed by atoms with van der Waals surface area (Å²) in [5.41, 5.74) is 1.14. The van der Waals surface area contributed by atoms with Gasteiger partial charge in [0.2, 0.25) is 5.91 Å². The summed E-state index contributed by atoms with van der Waals surface area (Å²) < 4.78 is 0. The zero-order chi connectivity index (χ0) is 7.98. The highest BCUT2D eigenvalue weighted by molar-refractivity contribution is 5.75. The van der Waals surface area contributed by atoms with Gasteiger partial charge in [-0.3, -0.25) is 4.79 Å². The topological polar surface area (TPSA) is 29.1 Å². The average molecular weight is 141 g/mol. The van der Waals surface area contributed by atoms with E-state index < -0.39 is 0 Å². The largest absolute Gasteiger partial charge is 0.359 e. The van der Waals surface area contributed by atoms with E-state index in [4.69, 9.17) is 0 Å². The second kappa shape index (κ2) is 5.03. The molecule has 1 N–H and O–H groups in total. The molecule has 2 nitrogen and oxygen atoms in total. The molecule has 0 aliphatic heterocycles. The predicted octanol–water partition coefficient (Wildman–Crippen LogP) is 1.48. The Morgan fingerprint density at radius 3 is 2.50 bits per heavy atom. The molecule has 0 radical (unpaired) electrons. The van der Waals surface area contributed by atoms with Crippen molar-refractivity contribution >= 4 is 5.91 Å². The molecule has 10 heavy (non-hydrogen) atoms. The summed E-state index contributed by atoms with van der Waals surface area (Å²) in [7, 11) is 1.65. The van der Waals surface area contributed by atoms with Crippen molar-refractivity contribution in [2.45, 2.75) is 26.2 Å².